The van der Waals surface area contributed by atoms with Crippen LogP contribution in [0.4, 0.5) is 4.39 Å². The third-order valence-corrected chi connectivity index (χ3v) is 4.60. The highest BCUT2D eigenvalue weighted by Crippen LogP contribution is 2.26. The molecule has 1 heterocycles. The second-order valence-electron chi connectivity index (χ2n) is 5.05. The number of rotatable bonds is 4. The normalized spacial score (nSPS) is 16.8. The van der Waals surface area contributed by atoms with Gasteiger partial charge in [-0.3, -0.25) is 4.79 Å². The number of Topliss-reactive ketones (excluding diaryl/α,β-unsaturated/α-hetero) is 1. The SMILES string of the molecule is Cc1cc(F)ccc1CC(=O)CC1CCSCC1. The van der Waals surface area contributed by atoms with E-state index in [1.165, 1.54) is 36.5 Å². The summed E-state index contributed by atoms with van der Waals surface area (Å²) in [5.74, 6) is 3.01. The molecule has 0 unspecified atom stereocenters. The van der Waals surface area contributed by atoms with E-state index in [-0.39, 0.29) is 5.82 Å². The molecule has 0 atom stereocenters. The van der Waals surface area contributed by atoms with Crippen LogP contribution in [0, 0.1) is 18.7 Å². The van der Waals surface area contributed by atoms with Gasteiger partial charge in [0.1, 0.15) is 11.6 Å². The molecule has 1 aliphatic rings. The van der Waals surface area contributed by atoms with Crippen LogP contribution in [0.2, 0.25) is 0 Å². The Morgan fingerprint density at radius 3 is 2.78 bits per heavy atom. The zero-order chi connectivity index (χ0) is 13.0. The number of halogens is 1. The van der Waals surface area contributed by atoms with Gasteiger partial charge in [-0.2, -0.15) is 11.8 Å². The van der Waals surface area contributed by atoms with E-state index in [4.69, 9.17) is 0 Å². The topological polar surface area (TPSA) is 17.1 Å². The summed E-state index contributed by atoms with van der Waals surface area (Å²) in [7, 11) is 0. The van der Waals surface area contributed by atoms with E-state index < -0.39 is 0 Å². The maximum Gasteiger partial charge on any atom is 0.137 e. The number of carbonyl (C=O) groups excluding carboxylic acids is 1. The minimum atomic E-state index is -0.229. The van der Waals surface area contributed by atoms with Gasteiger partial charge < -0.3 is 0 Å². The fraction of sp³-hybridized carbons (Fsp3) is 0.533. The molecule has 0 aliphatic carbocycles. The van der Waals surface area contributed by atoms with Gasteiger partial charge in [0.15, 0.2) is 0 Å². The molecule has 1 aliphatic heterocycles. The lowest BCUT2D eigenvalue weighted by atomic mass is 9.93. The number of carbonyl (C=O) groups is 1. The second-order valence-corrected chi connectivity index (χ2v) is 6.27. The Balaban J connectivity index is 1.90. The number of ketones is 1. The van der Waals surface area contributed by atoms with Crippen LogP contribution in [-0.4, -0.2) is 17.3 Å². The van der Waals surface area contributed by atoms with Crippen molar-refractivity contribution in [3.8, 4) is 0 Å². The molecule has 3 heteroatoms. The lowest BCUT2D eigenvalue weighted by Crippen LogP contribution is -2.16. The molecule has 1 nitrogen and oxygen atoms in total. The molecule has 1 aromatic carbocycles. The van der Waals surface area contributed by atoms with E-state index in [9.17, 15) is 9.18 Å². The fourth-order valence-electron chi connectivity index (χ4n) is 2.41. The van der Waals surface area contributed by atoms with Crippen molar-refractivity contribution in [2.24, 2.45) is 5.92 Å². The Morgan fingerprint density at radius 1 is 1.39 bits per heavy atom. The minimum Gasteiger partial charge on any atom is -0.299 e. The van der Waals surface area contributed by atoms with Crippen molar-refractivity contribution >= 4 is 17.5 Å². The first kappa shape index (κ1) is 13.6. The van der Waals surface area contributed by atoms with E-state index in [1.807, 2.05) is 18.7 Å². The standard InChI is InChI=1S/C15H19FOS/c1-11-8-14(16)3-2-13(11)10-15(17)9-12-4-6-18-7-5-12/h2-3,8,12H,4-7,9-10H2,1H3. The molecule has 0 radical (unpaired) electrons. The lowest BCUT2D eigenvalue weighted by molar-refractivity contribution is -0.119. The van der Waals surface area contributed by atoms with Gasteiger partial charge in [0.05, 0.1) is 0 Å². The molecule has 1 aromatic rings. The minimum absolute atomic E-state index is 0.229. The Labute approximate surface area is 112 Å². The van der Waals surface area contributed by atoms with Crippen LogP contribution < -0.4 is 0 Å². The van der Waals surface area contributed by atoms with Gasteiger partial charge in [0, 0.05) is 12.8 Å². The van der Waals surface area contributed by atoms with Gasteiger partial charge in [0.25, 0.3) is 0 Å². The summed E-state index contributed by atoms with van der Waals surface area (Å²) in [5.41, 5.74) is 1.84. The summed E-state index contributed by atoms with van der Waals surface area (Å²) < 4.78 is 13.0. The average Bonchev–Trinajstić information content (AvgIpc) is 2.34. The first-order valence-electron chi connectivity index (χ1n) is 6.49. The summed E-state index contributed by atoms with van der Waals surface area (Å²) >= 11 is 1.98. The summed E-state index contributed by atoms with van der Waals surface area (Å²) in [6, 6.07) is 4.67. The summed E-state index contributed by atoms with van der Waals surface area (Å²) in [5, 5.41) is 0. The molecule has 0 aromatic heterocycles. The van der Waals surface area contributed by atoms with E-state index in [0.29, 0.717) is 24.5 Å². The molecule has 1 saturated heterocycles. The van der Waals surface area contributed by atoms with Crippen LogP contribution in [0.15, 0.2) is 18.2 Å². The lowest BCUT2D eigenvalue weighted by Gasteiger charge is -2.20. The van der Waals surface area contributed by atoms with Crippen molar-refractivity contribution in [2.45, 2.75) is 32.6 Å². The predicted octanol–water partition coefficient (Wildman–Crippen LogP) is 3.78. The van der Waals surface area contributed by atoms with Crippen molar-refractivity contribution in [1.29, 1.82) is 0 Å². The quantitative estimate of drug-likeness (QED) is 0.825. The number of hydrogen-bond donors (Lipinski definition) is 0. The Morgan fingerprint density at radius 2 is 2.11 bits per heavy atom. The van der Waals surface area contributed by atoms with Crippen molar-refractivity contribution < 1.29 is 9.18 Å². The molecule has 0 bridgehead atoms. The van der Waals surface area contributed by atoms with Crippen molar-refractivity contribution in [3.05, 3.63) is 35.1 Å². The molecule has 98 valence electrons. The molecule has 18 heavy (non-hydrogen) atoms. The number of thioether (sulfide) groups is 1. The van der Waals surface area contributed by atoms with Gasteiger partial charge in [-0.15, -0.1) is 0 Å². The van der Waals surface area contributed by atoms with Crippen LogP contribution in [0.25, 0.3) is 0 Å². The monoisotopic (exact) mass is 266 g/mol. The van der Waals surface area contributed by atoms with Gasteiger partial charge in [0.2, 0.25) is 0 Å². The zero-order valence-corrected chi connectivity index (χ0v) is 11.6. The van der Waals surface area contributed by atoms with Gasteiger partial charge >= 0.3 is 0 Å². The number of hydrogen-bond acceptors (Lipinski definition) is 2. The second kappa shape index (κ2) is 6.37. The van der Waals surface area contributed by atoms with Gasteiger partial charge in [-0.1, -0.05) is 6.07 Å². The zero-order valence-electron chi connectivity index (χ0n) is 10.7. The van der Waals surface area contributed by atoms with Crippen molar-refractivity contribution in [2.75, 3.05) is 11.5 Å². The third-order valence-electron chi connectivity index (χ3n) is 3.55. The molecule has 1 fully saturated rings. The summed E-state index contributed by atoms with van der Waals surface area (Å²) in [6.45, 7) is 1.86. The Hall–Kier alpha value is -0.830. The van der Waals surface area contributed by atoms with E-state index in [0.717, 1.165) is 11.1 Å². The van der Waals surface area contributed by atoms with Gasteiger partial charge in [-0.25, -0.2) is 4.39 Å². The third kappa shape index (κ3) is 3.84. The summed E-state index contributed by atoms with van der Waals surface area (Å²) in [4.78, 5) is 12.0. The highest BCUT2D eigenvalue weighted by Gasteiger charge is 2.17. The molecule has 0 spiro atoms. The Bertz CT molecular complexity index is 425. The fourth-order valence-corrected chi connectivity index (χ4v) is 3.62. The van der Waals surface area contributed by atoms with E-state index in [1.54, 1.807) is 6.07 Å². The smallest absolute Gasteiger partial charge is 0.137 e. The maximum absolute atomic E-state index is 13.0. The molecular formula is C15H19FOS. The van der Waals surface area contributed by atoms with Gasteiger partial charge in [-0.05, 0) is 60.4 Å². The molecular weight excluding hydrogens is 247 g/mol. The number of aryl methyl sites for hydroxylation is 1. The predicted molar refractivity (Wildman–Crippen MR) is 74.5 cm³/mol. The van der Waals surface area contributed by atoms with E-state index >= 15 is 0 Å². The van der Waals surface area contributed by atoms with Crippen LogP contribution in [-0.2, 0) is 11.2 Å². The highest BCUT2D eigenvalue weighted by atomic mass is 32.2. The number of benzene rings is 1. The molecule has 0 amide bonds. The van der Waals surface area contributed by atoms with Crippen LogP contribution in [0.3, 0.4) is 0 Å². The molecule has 2 rings (SSSR count). The van der Waals surface area contributed by atoms with Crippen LogP contribution in [0.1, 0.15) is 30.4 Å². The molecule has 0 saturated carbocycles. The first-order chi connectivity index (χ1) is 8.65. The van der Waals surface area contributed by atoms with Crippen molar-refractivity contribution in [3.63, 3.8) is 0 Å². The first-order valence-corrected chi connectivity index (χ1v) is 7.65. The molecule has 0 N–H and O–H groups in total. The van der Waals surface area contributed by atoms with Crippen molar-refractivity contribution in [1.82, 2.24) is 0 Å². The highest BCUT2D eigenvalue weighted by molar-refractivity contribution is 7.99. The van der Waals surface area contributed by atoms with Crippen LogP contribution >= 0.6 is 11.8 Å². The largest absolute Gasteiger partial charge is 0.299 e. The summed E-state index contributed by atoms with van der Waals surface area (Å²) in [6.07, 6.45) is 3.48. The maximum atomic E-state index is 13.0. The van der Waals surface area contributed by atoms with E-state index in [2.05, 4.69) is 0 Å². The Kier molecular flexibility index (Phi) is 4.81. The van der Waals surface area contributed by atoms with Crippen LogP contribution in [0.5, 0.6) is 0 Å². The average molecular weight is 266 g/mol.